The molecule has 0 rings (SSSR count). The summed E-state index contributed by atoms with van der Waals surface area (Å²) in [5.41, 5.74) is 0. The highest BCUT2D eigenvalue weighted by Crippen LogP contribution is 2.16. The minimum atomic E-state index is -0.764. The predicted octanol–water partition coefficient (Wildman–Crippen LogP) is 14.3. The molecular formula is C46H86O6. The first-order chi connectivity index (χ1) is 25.5. The molecule has 0 aromatic rings. The van der Waals surface area contributed by atoms with Gasteiger partial charge in [0.25, 0.3) is 0 Å². The van der Waals surface area contributed by atoms with Crippen molar-refractivity contribution in [3.63, 3.8) is 0 Å². The van der Waals surface area contributed by atoms with Crippen LogP contribution in [0.1, 0.15) is 245 Å². The van der Waals surface area contributed by atoms with Crippen molar-refractivity contribution < 1.29 is 28.6 Å². The molecule has 0 aliphatic heterocycles. The van der Waals surface area contributed by atoms with Gasteiger partial charge in [-0.3, -0.25) is 14.4 Å². The summed E-state index contributed by atoms with van der Waals surface area (Å²) in [6, 6.07) is 0. The van der Waals surface area contributed by atoms with E-state index in [9.17, 15) is 14.4 Å². The summed E-state index contributed by atoms with van der Waals surface area (Å²) in [5.74, 6) is -0.884. The Morgan fingerprint density at radius 1 is 0.365 bits per heavy atom. The van der Waals surface area contributed by atoms with Gasteiger partial charge >= 0.3 is 17.9 Å². The SMILES string of the molecule is CCC/C=C\CCCCCCCC(=O)OC(COC(=O)CCCCCCCC)COC(=O)CCCCCCCCCCCCCCCCCCCC. The Morgan fingerprint density at radius 2 is 0.673 bits per heavy atom. The molecule has 1 atom stereocenters. The normalized spacial score (nSPS) is 12.0. The van der Waals surface area contributed by atoms with Crippen molar-refractivity contribution in [3.8, 4) is 0 Å². The van der Waals surface area contributed by atoms with E-state index in [-0.39, 0.29) is 31.1 Å². The number of carbonyl (C=O) groups excluding carboxylic acids is 3. The standard InChI is InChI=1S/C46H86O6/c1-4-7-10-13-16-18-20-21-22-23-24-25-26-27-29-30-33-36-39-45(48)51-42-43(41-50-44(47)38-35-32-15-12-9-6-3)52-46(49)40-37-34-31-28-19-17-14-11-8-5-2/h11,14,43H,4-10,12-13,15-42H2,1-3H3/b14-11-. The van der Waals surface area contributed by atoms with E-state index in [0.29, 0.717) is 19.3 Å². The Hall–Kier alpha value is -1.85. The van der Waals surface area contributed by atoms with Gasteiger partial charge in [0.15, 0.2) is 6.10 Å². The van der Waals surface area contributed by atoms with Gasteiger partial charge in [-0.15, -0.1) is 0 Å². The molecule has 0 fully saturated rings. The van der Waals surface area contributed by atoms with E-state index in [1.165, 1.54) is 128 Å². The Labute approximate surface area is 322 Å². The zero-order valence-electron chi connectivity index (χ0n) is 34.8. The van der Waals surface area contributed by atoms with Crippen LogP contribution in [0.5, 0.6) is 0 Å². The van der Waals surface area contributed by atoms with Crippen LogP contribution in [0.4, 0.5) is 0 Å². The average Bonchev–Trinajstić information content (AvgIpc) is 3.14. The van der Waals surface area contributed by atoms with Crippen molar-refractivity contribution in [2.75, 3.05) is 13.2 Å². The number of unbranched alkanes of at least 4 members (excludes halogenated alkanes) is 28. The maximum absolute atomic E-state index is 12.6. The summed E-state index contributed by atoms with van der Waals surface area (Å²) in [6.45, 7) is 6.52. The van der Waals surface area contributed by atoms with Gasteiger partial charge in [-0.1, -0.05) is 200 Å². The van der Waals surface area contributed by atoms with E-state index in [2.05, 4.69) is 32.9 Å². The summed E-state index contributed by atoms with van der Waals surface area (Å²) in [4.78, 5) is 37.5. The van der Waals surface area contributed by atoms with E-state index in [4.69, 9.17) is 14.2 Å². The quantitative estimate of drug-likeness (QED) is 0.0269. The van der Waals surface area contributed by atoms with Crippen LogP contribution < -0.4 is 0 Å². The number of ether oxygens (including phenoxy) is 3. The molecular weight excluding hydrogens is 649 g/mol. The predicted molar refractivity (Wildman–Crippen MR) is 220 cm³/mol. The van der Waals surface area contributed by atoms with Gasteiger partial charge < -0.3 is 14.2 Å². The molecule has 6 nitrogen and oxygen atoms in total. The van der Waals surface area contributed by atoms with Crippen LogP contribution in [0, 0.1) is 0 Å². The molecule has 52 heavy (non-hydrogen) atoms. The molecule has 0 saturated carbocycles. The van der Waals surface area contributed by atoms with E-state index in [1.807, 2.05) is 0 Å². The zero-order valence-corrected chi connectivity index (χ0v) is 34.8. The maximum Gasteiger partial charge on any atom is 0.306 e. The largest absolute Gasteiger partial charge is 0.462 e. The fourth-order valence-corrected chi connectivity index (χ4v) is 6.56. The monoisotopic (exact) mass is 735 g/mol. The van der Waals surface area contributed by atoms with Crippen molar-refractivity contribution in [2.45, 2.75) is 252 Å². The topological polar surface area (TPSA) is 78.9 Å². The summed E-state index contributed by atoms with van der Waals surface area (Å²) in [7, 11) is 0. The van der Waals surface area contributed by atoms with Crippen molar-refractivity contribution in [1.29, 1.82) is 0 Å². The van der Waals surface area contributed by atoms with Crippen LogP contribution in [0.15, 0.2) is 12.2 Å². The number of hydrogen-bond acceptors (Lipinski definition) is 6. The Morgan fingerprint density at radius 3 is 1.04 bits per heavy atom. The second kappa shape index (κ2) is 41.9. The number of carbonyl (C=O) groups is 3. The van der Waals surface area contributed by atoms with Gasteiger partial charge in [0.05, 0.1) is 0 Å². The van der Waals surface area contributed by atoms with Crippen molar-refractivity contribution in [1.82, 2.24) is 0 Å². The minimum Gasteiger partial charge on any atom is -0.462 e. The summed E-state index contributed by atoms with van der Waals surface area (Å²) < 4.78 is 16.6. The smallest absolute Gasteiger partial charge is 0.306 e. The molecule has 1 unspecified atom stereocenters. The van der Waals surface area contributed by atoms with Crippen LogP contribution in [-0.2, 0) is 28.6 Å². The third-order valence-electron chi connectivity index (χ3n) is 10.0. The molecule has 6 heteroatoms. The van der Waals surface area contributed by atoms with E-state index in [0.717, 1.165) is 77.0 Å². The fraction of sp³-hybridized carbons (Fsp3) is 0.891. The van der Waals surface area contributed by atoms with E-state index < -0.39 is 6.10 Å². The molecule has 0 bridgehead atoms. The number of hydrogen-bond donors (Lipinski definition) is 0. The Kier molecular flexibility index (Phi) is 40.4. The lowest BCUT2D eigenvalue weighted by atomic mass is 10.0. The van der Waals surface area contributed by atoms with Crippen LogP contribution in [0.2, 0.25) is 0 Å². The third-order valence-corrected chi connectivity index (χ3v) is 10.0. The highest BCUT2D eigenvalue weighted by Gasteiger charge is 2.19. The molecule has 306 valence electrons. The van der Waals surface area contributed by atoms with Crippen molar-refractivity contribution in [3.05, 3.63) is 12.2 Å². The average molecular weight is 735 g/mol. The highest BCUT2D eigenvalue weighted by atomic mass is 16.6. The summed E-state index contributed by atoms with van der Waals surface area (Å²) in [5, 5.41) is 0. The van der Waals surface area contributed by atoms with Crippen LogP contribution >= 0.6 is 0 Å². The van der Waals surface area contributed by atoms with Gasteiger partial charge in [-0.2, -0.15) is 0 Å². The summed E-state index contributed by atoms with van der Waals surface area (Å²) >= 11 is 0. The van der Waals surface area contributed by atoms with Crippen LogP contribution in [-0.4, -0.2) is 37.2 Å². The molecule has 0 N–H and O–H groups in total. The Balaban J connectivity index is 4.15. The van der Waals surface area contributed by atoms with Gasteiger partial charge in [0.1, 0.15) is 13.2 Å². The summed E-state index contributed by atoms with van der Waals surface area (Å²) in [6.07, 6.45) is 43.6. The fourth-order valence-electron chi connectivity index (χ4n) is 6.56. The lowest BCUT2D eigenvalue weighted by Gasteiger charge is -2.18. The maximum atomic E-state index is 12.6. The first-order valence-corrected chi connectivity index (χ1v) is 22.7. The molecule has 0 spiro atoms. The number of allylic oxidation sites excluding steroid dienone is 2. The van der Waals surface area contributed by atoms with E-state index in [1.54, 1.807) is 0 Å². The van der Waals surface area contributed by atoms with Crippen LogP contribution in [0.3, 0.4) is 0 Å². The van der Waals surface area contributed by atoms with Crippen molar-refractivity contribution >= 4 is 17.9 Å². The van der Waals surface area contributed by atoms with Crippen molar-refractivity contribution in [2.24, 2.45) is 0 Å². The second-order valence-corrected chi connectivity index (χ2v) is 15.3. The number of rotatable bonds is 41. The zero-order chi connectivity index (χ0) is 38.0. The highest BCUT2D eigenvalue weighted by molar-refractivity contribution is 5.71. The van der Waals surface area contributed by atoms with Gasteiger partial charge in [-0.05, 0) is 38.5 Å². The molecule has 0 heterocycles. The molecule has 0 aromatic carbocycles. The second-order valence-electron chi connectivity index (χ2n) is 15.3. The lowest BCUT2D eigenvalue weighted by molar-refractivity contribution is -0.167. The minimum absolute atomic E-state index is 0.0700. The van der Waals surface area contributed by atoms with Gasteiger partial charge in [-0.25, -0.2) is 0 Å². The molecule has 0 radical (unpaired) electrons. The molecule has 0 aromatic heterocycles. The molecule has 0 aliphatic carbocycles. The molecule has 0 saturated heterocycles. The van der Waals surface area contributed by atoms with Gasteiger partial charge in [0.2, 0.25) is 0 Å². The molecule has 0 aliphatic rings. The first-order valence-electron chi connectivity index (χ1n) is 22.7. The number of esters is 3. The third kappa shape index (κ3) is 39.4. The Bertz CT molecular complexity index is 809. The van der Waals surface area contributed by atoms with Gasteiger partial charge in [0, 0.05) is 19.3 Å². The first kappa shape index (κ1) is 50.1. The van der Waals surface area contributed by atoms with Crippen LogP contribution in [0.25, 0.3) is 0 Å². The molecule has 0 amide bonds. The van der Waals surface area contributed by atoms with E-state index >= 15 is 0 Å². The lowest BCUT2D eigenvalue weighted by Crippen LogP contribution is -2.30.